The molecular formula is C32H41ClN4O4. The van der Waals surface area contributed by atoms with E-state index in [4.69, 9.17) is 17.3 Å². The number of halogens is 1. The molecule has 4 N–H and O–H groups in total. The van der Waals surface area contributed by atoms with E-state index in [1.165, 1.54) is 25.7 Å². The van der Waals surface area contributed by atoms with Gasteiger partial charge in [-0.25, -0.2) is 0 Å². The molecule has 0 saturated heterocycles. The molecule has 3 amide bonds. The molecule has 4 rings (SSSR count). The van der Waals surface area contributed by atoms with E-state index in [1.54, 1.807) is 23.1 Å². The van der Waals surface area contributed by atoms with E-state index >= 15 is 0 Å². The number of nitrogens with two attached hydrogens (primary N) is 1. The molecule has 2 aromatic carbocycles. The number of aryl methyl sites for hydroxylation is 1. The zero-order valence-corrected chi connectivity index (χ0v) is 24.6. The zero-order chi connectivity index (χ0) is 29.4. The fourth-order valence-corrected chi connectivity index (χ4v) is 5.97. The average molecular weight is 581 g/mol. The number of hydrogen-bond donors (Lipinski definition) is 3. The van der Waals surface area contributed by atoms with Crippen molar-refractivity contribution in [2.45, 2.75) is 89.8 Å². The van der Waals surface area contributed by atoms with Crippen molar-refractivity contribution in [1.82, 2.24) is 10.2 Å². The Bertz CT molecular complexity index is 1260. The van der Waals surface area contributed by atoms with Gasteiger partial charge in [0.05, 0.1) is 0 Å². The maximum Gasteiger partial charge on any atom is 0.246 e. The number of Topliss-reactive ketones (excluding diaryl/α,β-unsaturated/α-hetero) is 1. The van der Waals surface area contributed by atoms with E-state index in [0.29, 0.717) is 29.5 Å². The van der Waals surface area contributed by atoms with Gasteiger partial charge in [0.1, 0.15) is 17.9 Å². The van der Waals surface area contributed by atoms with Crippen LogP contribution in [0.2, 0.25) is 5.02 Å². The van der Waals surface area contributed by atoms with Crippen molar-refractivity contribution in [3.8, 4) is 0 Å². The molecule has 1 aliphatic heterocycles. The SMILES string of the molecule is Cc1cc(NC(=O)[C@H](CCN)NC(=O)[C@@H]2Cc3ccccc3CN2C(=O)CCC(=O)CCC2CCCC2)ccc1Cl. The first-order valence-corrected chi connectivity index (χ1v) is 15.1. The number of benzene rings is 2. The number of anilines is 1. The van der Waals surface area contributed by atoms with Gasteiger partial charge >= 0.3 is 0 Å². The van der Waals surface area contributed by atoms with Crippen LogP contribution in [0.3, 0.4) is 0 Å². The molecule has 1 heterocycles. The van der Waals surface area contributed by atoms with Gasteiger partial charge in [0.2, 0.25) is 17.7 Å². The first kappa shape index (κ1) is 30.7. The summed E-state index contributed by atoms with van der Waals surface area (Å²) < 4.78 is 0. The van der Waals surface area contributed by atoms with E-state index in [0.717, 1.165) is 23.1 Å². The maximum atomic E-state index is 13.6. The molecule has 1 saturated carbocycles. The fraction of sp³-hybridized carbons (Fsp3) is 0.500. The summed E-state index contributed by atoms with van der Waals surface area (Å²) in [5.74, 6) is -0.316. The van der Waals surface area contributed by atoms with Gasteiger partial charge in [-0.2, -0.15) is 0 Å². The van der Waals surface area contributed by atoms with Crippen LogP contribution < -0.4 is 16.4 Å². The molecule has 220 valence electrons. The molecule has 9 heteroatoms. The van der Waals surface area contributed by atoms with Crippen molar-refractivity contribution in [3.63, 3.8) is 0 Å². The van der Waals surface area contributed by atoms with E-state index in [9.17, 15) is 19.2 Å². The standard InChI is InChI=1S/C32H41ClN4O4/c1-21-18-25(11-14-27(21)33)35-31(40)28(16-17-34)36-32(41)29-19-23-8-4-5-9-24(23)20-37(29)30(39)15-13-26(38)12-10-22-6-2-3-7-22/h4-5,8-9,11,14,18,22,28-29H,2-3,6-7,10,12-13,15-17,19-20,34H2,1H3,(H,35,40)(H,36,41)/t28-,29-/m0/s1. The summed E-state index contributed by atoms with van der Waals surface area (Å²) in [7, 11) is 0. The minimum Gasteiger partial charge on any atom is -0.342 e. The number of carbonyl (C=O) groups is 4. The van der Waals surface area contributed by atoms with Crippen molar-refractivity contribution in [1.29, 1.82) is 0 Å². The Hall–Kier alpha value is -3.23. The van der Waals surface area contributed by atoms with Crippen LogP contribution in [0.25, 0.3) is 0 Å². The molecule has 1 aliphatic carbocycles. The molecule has 0 radical (unpaired) electrons. The number of hydrogen-bond acceptors (Lipinski definition) is 5. The molecule has 0 spiro atoms. The summed E-state index contributed by atoms with van der Waals surface area (Å²) in [5, 5.41) is 6.27. The Kier molecular flexibility index (Phi) is 10.9. The van der Waals surface area contributed by atoms with Crippen LogP contribution in [0.4, 0.5) is 5.69 Å². The van der Waals surface area contributed by atoms with Gasteiger partial charge in [-0.1, -0.05) is 61.5 Å². The van der Waals surface area contributed by atoms with Crippen molar-refractivity contribution in [2.75, 3.05) is 11.9 Å². The largest absolute Gasteiger partial charge is 0.342 e. The number of ketones is 1. The van der Waals surface area contributed by atoms with E-state index in [1.807, 2.05) is 31.2 Å². The number of fused-ring (bicyclic) bond motifs is 1. The summed E-state index contributed by atoms with van der Waals surface area (Å²) >= 11 is 6.10. The molecule has 2 aliphatic rings. The fourth-order valence-electron chi connectivity index (χ4n) is 5.85. The second-order valence-electron chi connectivity index (χ2n) is 11.3. The third kappa shape index (κ3) is 8.39. The van der Waals surface area contributed by atoms with Gasteiger partial charge in [-0.05, 0) is 67.1 Å². The molecule has 1 fully saturated rings. The minimum absolute atomic E-state index is 0.0675. The number of nitrogens with zero attached hydrogens (tertiary/aromatic N) is 1. The summed E-state index contributed by atoms with van der Waals surface area (Å²) in [6.07, 6.45) is 7.08. The predicted octanol–water partition coefficient (Wildman–Crippen LogP) is 4.69. The van der Waals surface area contributed by atoms with Gasteiger partial charge in [0, 0.05) is 42.9 Å². The smallest absolute Gasteiger partial charge is 0.246 e. The Labute approximate surface area is 247 Å². The molecule has 2 atom stereocenters. The second kappa shape index (κ2) is 14.6. The number of carbonyl (C=O) groups excluding carboxylic acids is 4. The molecule has 41 heavy (non-hydrogen) atoms. The van der Waals surface area contributed by atoms with Crippen LogP contribution in [-0.2, 0) is 32.1 Å². The van der Waals surface area contributed by atoms with Gasteiger partial charge in [0.15, 0.2) is 0 Å². The molecular weight excluding hydrogens is 540 g/mol. The third-order valence-electron chi connectivity index (χ3n) is 8.31. The van der Waals surface area contributed by atoms with E-state index in [-0.39, 0.29) is 44.0 Å². The predicted molar refractivity (Wildman–Crippen MR) is 160 cm³/mol. The van der Waals surface area contributed by atoms with Gasteiger partial charge in [0.25, 0.3) is 0 Å². The highest BCUT2D eigenvalue weighted by Gasteiger charge is 2.36. The molecule has 8 nitrogen and oxygen atoms in total. The number of amides is 3. The van der Waals surface area contributed by atoms with Crippen LogP contribution in [0.1, 0.15) is 74.5 Å². The Morgan fingerprint density at radius 1 is 1.02 bits per heavy atom. The highest BCUT2D eigenvalue weighted by atomic mass is 35.5. The monoisotopic (exact) mass is 580 g/mol. The average Bonchev–Trinajstić information content (AvgIpc) is 3.49. The summed E-state index contributed by atoms with van der Waals surface area (Å²) in [6.45, 7) is 2.31. The lowest BCUT2D eigenvalue weighted by Gasteiger charge is -2.36. The molecule has 0 unspecified atom stereocenters. The molecule has 0 aromatic heterocycles. The molecule has 2 aromatic rings. The van der Waals surface area contributed by atoms with Crippen molar-refractivity contribution < 1.29 is 19.2 Å². The van der Waals surface area contributed by atoms with Crippen LogP contribution in [0, 0.1) is 12.8 Å². The minimum atomic E-state index is -0.880. The van der Waals surface area contributed by atoms with E-state index < -0.39 is 23.9 Å². The third-order valence-corrected chi connectivity index (χ3v) is 8.73. The maximum absolute atomic E-state index is 13.6. The highest BCUT2D eigenvalue weighted by Crippen LogP contribution is 2.29. The van der Waals surface area contributed by atoms with Crippen molar-refractivity contribution >= 4 is 40.8 Å². The Balaban J connectivity index is 1.42. The van der Waals surface area contributed by atoms with Crippen LogP contribution >= 0.6 is 11.6 Å². The Morgan fingerprint density at radius 3 is 2.46 bits per heavy atom. The van der Waals surface area contributed by atoms with Crippen LogP contribution in [-0.4, -0.2) is 47.0 Å². The normalized spacial score (nSPS) is 17.5. The lowest BCUT2D eigenvalue weighted by atomic mass is 9.92. The van der Waals surface area contributed by atoms with E-state index in [2.05, 4.69) is 10.6 Å². The Morgan fingerprint density at radius 2 is 1.76 bits per heavy atom. The van der Waals surface area contributed by atoms with Gasteiger partial charge < -0.3 is 21.3 Å². The first-order chi connectivity index (χ1) is 19.7. The highest BCUT2D eigenvalue weighted by molar-refractivity contribution is 6.31. The topological polar surface area (TPSA) is 122 Å². The second-order valence-corrected chi connectivity index (χ2v) is 11.7. The van der Waals surface area contributed by atoms with Crippen LogP contribution in [0.15, 0.2) is 42.5 Å². The number of nitrogens with one attached hydrogen (secondary N) is 2. The summed E-state index contributed by atoms with van der Waals surface area (Å²) in [4.78, 5) is 54.3. The van der Waals surface area contributed by atoms with Crippen molar-refractivity contribution in [2.24, 2.45) is 11.7 Å². The van der Waals surface area contributed by atoms with Gasteiger partial charge in [-0.15, -0.1) is 0 Å². The summed E-state index contributed by atoms with van der Waals surface area (Å²) in [6, 6.07) is 11.2. The lowest BCUT2D eigenvalue weighted by Crippen LogP contribution is -2.56. The number of rotatable bonds is 12. The lowest BCUT2D eigenvalue weighted by molar-refractivity contribution is -0.143. The molecule has 0 bridgehead atoms. The van der Waals surface area contributed by atoms with Crippen molar-refractivity contribution in [3.05, 3.63) is 64.2 Å². The van der Waals surface area contributed by atoms with Crippen LogP contribution in [0.5, 0.6) is 0 Å². The quantitative estimate of drug-likeness (QED) is 0.336. The first-order valence-electron chi connectivity index (χ1n) is 14.7. The zero-order valence-electron chi connectivity index (χ0n) is 23.8. The van der Waals surface area contributed by atoms with Gasteiger partial charge in [-0.3, -0.25) is 19.2 Å². The summed E-state index contributed by atoms with van der Waals surface area (Å²) in [5.41, 5.74) is 9.13.